The van der Waals surface area contributed by atoms with Crippen LogP contribution in [0.15, 0.2) is 71.6 Å². The van der Waals surface area contributed by atoms with Gasteiger partial charge in [-0.2, -0.15) is 0 Å². The third-order valence-corrected chi connectivity index (χ3v) is 7.83. The van der Waals surface area contributed by atoms with Gasteiger partial charge in [-0.15, -0.1) is 11.8 Å². The van der Waals surface area contributed by atoms with Crippen LogP contribution in [0.4, 0.5) is 14.9 Å². The fraction of sp³-hybridized carbons (Fsp3) is 0.323. The number of carbonyl (C=O) groups is 3. The molecule has 0 spiro atoms. The van der Waals surface area contributed by atoms with Crippen molar-refractivity contribution in [3.63, 3.8) is 0 Å². The van der Waals surface area contributed by atoms with Crippen molar-refractivity contribution in [1.29, 1.82) is 0 Å². The highest BCUT2D eigenvalue weighted by Gasteiger charge is 2.33. The van der Waals surface area contributed by atoms with E-state index in [-0.39, 0.29) is 36.4 Å². The fourth-order valence-corrected chi connectivity index (χ4v) is 5.55. The summed E-state index contributed by atoms with van der Waals surface area (Å²) in [6.07, 6.45) is -0.444. The largest absolute Gasteiger partial charge is 0.444 e. The number of halogens is 2. The van der Waals surface area contributed by atoms with Crippen LogP contribution in [0.1, 0.15) is 61.5 Å². The second kappa shape index (κ2) is 12.4. The van der Waals surface area contributed by atoms with Gasteiger partial charge in [-0.05, 0) is 74.2 Å². The Labute approximate surface area is 243 Å². The van der Waals surface area contributed by atoms with Gasteiger partial charge in [0.1, 0.15) is 17.5 Å². The molecule has 4 rings (SSSR count). The molecule has 0 saturated carbocycles. The van der Waals surface area contributed by atoms with Crippen LogP contribution in [0.3, 0.4) is 0 Å². The first-order valence-electron chi connectivity index (χ1n) is 13.0. The van der Waals surface area contributed by atoms with E-state index < -0.39 is 17.7 Å². The molecule has 0 bridgehead atoms. The monoisotopic (exact) mass is 582 g/mol. The van der Waals surface area contributed by atoms with Crippen molar-refractivity contribution < 1.29 is 23.5 Å². The number of rotatable bonds is 7. The van der Waals surface area contributed by atoms with Gasteiger partial charge < -0.3 is 15.0 Å². The molecule has 1 aliphatic heterocycles. The Bertz CT molecular complexity index is 1390. The molecule has 0 radical (unpaired) electrons. The standard InChI is InChI=1S/C31H32ClFN2O4S/c1-19(21-7-12-24(33)13-8-21)15-27(36)22-9-14-28-26(16-22)35(17-20-5-10-23(32)11-6-20)29(37)25(18-40-28)34-30(38)39-31(2,3)4/h5-14,16,19,25H,15,17-18H2,1-4H3,(H,34,38)/t19-,25-/m0/s1. The van der Waals surface area contributed by atoms with E-state index in [2.05, 4.69) is 5.32 Å². The number of nitrogens with one attached hydrogen (secondary N) is 1. The lowest BCUT2D eigenvalue weighted by Gasteiger charge is -2.27. The molecule has 3 aromatic rings. The number of fused-ring (bicyclic) bond motifs is 1. The maximum Gasteiger partial charge on any atom is 0.408 e. The number of alkyl carbamates (subject to hydrolysis) is 1. The smallest absolute Gasteiger partial charge is 0.408 e. The van der Waals surface area contributed by atoms with Gasteiger partial charge in [0.15, 0.2) is 5.78 Å². The van der Waals surface area contributed by atoms with Crippen LogP contribution in [-0.2, 0) is 16.1 Å². The molecule has 3 aromatic carbocycles. The Balaban J connectivity index is 1.62. The van der Waals surface area contributed by atoms with Crippen LogP contribution in [-0.4, -0.2) is 35.2 Å². The van der Waals surface area contributed by atoms with E-state index in [1.165, 1.54) is 23.9 Å². The van der Waals surface area contributed by atoms with Gasteiger partial charge >= 0.3 is 6.09 Å². The summed E-state index contributed by atoms with van der Waals surface area (Å²) in [5.41, 5.74) is 2.07. The number of benzene rings is 3. The highest BCUT2D eigenvalue weighted by Crippen LogP contribution is 2.37. The van der Waals surface area contributed by atoms with Crippen molar-refractivity contribution in [2.45, 2.75) is 63.1 Å². The summed E-state index contributed by atoms with van der Waals surface area (Å²) in [5, 5.41) is 3.30. The van der Waals surface area contributed by atoms with Crippen LogP contribution >= 0.6 is 23.4 Å². The van der Waals surface area contributed by atoms with Gasteiger partial charge in [-0.1, -0.05) is 48.9 Å². The first-order valence-corrected chi connectivity index (χ1v) is 14.4. The van der Waals surface area contributed by atoms with Crippen molar-refractivity contribution in [3.8, 4) is 0 Å². The molecule has 2 atom stereocenters. The summed E-state index contributed by atoms with van der Waals surface area (Å²) in [6, 6.07) is 17.8. The normalized spacial score (nSPS) is 16.1. The first kappa shape index (κ1) is 29.6. The van der Waals surface area contributed by atoms with Crippen LogP contribution in [0, 0.1) is 5.82 Å². The van der Waals surface area contributed by atoms with Crippen molar-refractivity contribution in [3.05, 3.63) is 94.3 Å². The topological polar surface area (TPSA) is 75.7 Å². The molecule has 6 nitrogen and oxygen atoms in total. The van der Waals surface area contributed by atoms with E-state index in [1.807, 2.05) is 25.1 Å². The minimum atomic E-state index is -0.836. The Morgan fingerprint density at radius 1 is 1.10 bits per heavy atom. The van der Waals surface area contributed by atoms with E-state index in [4.69, 9.17) is 16.3 Å². The van der Waals surface area contributed by atoms with Gasteiger partial charge in [-0.25, -0.2) is 9.18 Å². The summed E-state index contributed by atoms with van der Waals surface area (Å²) in [5.74, 6) is -0.532. The molecule has 40 heavy (non-hydrogen) atoms. The number of hydrogen-bond donors (Lipinski definition) is 1. The second-order valence-corrected chi connectivity index (χ2v) is 12.3. The number of hydrogen-bond acceptors (Lipinski definition) is 5. The number of carbonyl (C=O) groups excluding carboxylic acids is 3. The molecule has 0 aliphatic carbocycles. The van der Waals surface area contributed by atoms with Gasteiger partial charge in [0.25, 0.3) is 5.91 Å². The Kier molecular flexibility index (Phi) is 9.21. The summed E-state index contributed by atoms with van der Waals surface area (Å²) >= 11 is 7.50. The zero-order valence-electron chi connectivity index (χ0n) is 22.9. The van der Waals surface area contributed by atoms with Gasteiger partial charge in [0.05, 0.1) is 12.2 Å². The highest BCUT2D eigenvalue weighted by molar-refractivity contribution is 7.99. The quantitative estimate of drug-likeness (QED) is 0.294. The molecule has 0 unspecified atom stereocenters. The number of ether oxygens (including phenoxy) is 1. The molecule has 0 saturated heterocycles. The average Bonchev–Trinajstić information content (AvgIpc) is 3.01. The number of ketones is 1. The zero-order valence-corrected chi connectivity index (χ0v) is 24.4. The van der Waals surface area contributed by atoms with Crippen molar-refractivity contribution in [2.75, 3.05) is 10.7 Å². The Morgan fingerprint density at radius 3 is 2.42 bits per heavy atom. The summed E-state index contributed by atoms with van der Waals surface area (Å²) < 4.78 is 18.7. The minimum absolute atomic E-state index is 0.0869. The summed E-state index contributed by atoms with van der Waals surface area (Å²) in [6.45, 7) is 7.42. The third kappa shape index (κ3) is 7.64. The maximum absolute atomic E-state index is 13.9. The van der Waals surface area contributed by atoms with Crippen LogP contribution in [0.2, 0.25) is 5.02 Å². The van der Waals surface area contributed by atoms with Gasteiger partial charge in [0, 0.05) is 27.7 Å². The highest BCUT2D eigenvalue weighted by atomic mass is 35.5. The van der Waals surface area contributed by atoms with Crippen molar-refractivity contribution >= 4 is 46.8 Å². The average molecular weight is 583 g/mol. The molecular formula is C31H32ClFN2O4S. The maximum atomic E-state index is 13.9. The molecule has 0 fully saturated rings. The number of amides is 2. The van der Waals surface area contributed by atoms with Crippen LogP contribution in [0.5, 0.6) is 0 Å². The van der Waals surface area contributed by atoms with E-state index in [1.54, 1.807) is 62.1 Å². The molecular weight excluding hydrogens is 551 g/mol. The fourth-order valence-electron chi connectivity index (χ4n) is 4.37. The lowest BCUT2D eigenvalue weighted by atomic mass is 9.93. The lowest BCUT2D eigenvalue weighted by molar-refractivity contribution is -0.120. The number of anilines is 1. The van der Waals surface area contributed by atoms with E-state index in [0.717, 1.165) is 16.0 Å². The summed E-state index contributed by atoms with van der Waals surface area (Å²) in [7, 11) is 0. The summed E-state index contributed by atoms with van der Waals surface area (Å²) in [4.78, 5) is 42.1. The number of thioether (sulfide) groups is 1. The van der Waals surface area contributed by atoms with Crippen LogP contribution < -0.4 is 10.2 Å². The lowest BCUT2D eigenvalue weighted by Crippen LogP contribution is -2.50. The molecule has 1 N–H and O–H groups in total. The van der Waals surface area contributed by atoms with E-state index in [9.17, 15) is 18.8 Å². The molecule has 9 heteroatoms. The first-order chi connectivity index (χ1) is 18.9. The zero-order chi connectivity index (χ0) is 29.0. The molecule has 1 aliphatic rings. The van der Waals surface area contributed by atoms with Crippen molar-refractivity contribution in [2.24, 2.45) is 0 Å². The van der Waals surface area contributed by atoms with Crippen molar-refractivity contribution in [1.82, 2.24) is 5.32 Å². The third-order valence-electron chi connectivity index (χ3n) is 6.42. The molecule has 0 aromatic heterocycles. The number of Topliss-reactive ketones (excluding diaryl/α,β-unsaturated/α-hetero) is 1. The van der Waals surface area contributed by atoms with E-state index in [0.29, 0.717) is 22.0 Å². The van der Waals surface area contributed by atoms with Gasteiger partial charge in [0.2, 0.25) is 0 Å². The predicted molar refractivity (Wildman–Crippen MR) is 157 cm³/mol. The molecule has 1 heterocycles. The molecule has 2 amide bonds. The SMILES string of the molecule is C[C@@H](CC(=O)c1ccc2c(c1)N(Cc1ccc(Cl)cc1)C(=O)[C@@H](NC(=O)OC(C)(C)C)CS2)c1ccc(F)cc1. The Morgan fingerprint density at radius 2 is 1.77 bits per heavy atom. The van der Waals surface area contributed by atoms with E-state index >= 15 is 0 Å². The number of nitrogens with zero attached hydrogens (tertiary/aromatic N) is 1. The molecule has 210 valence electrons. The Hall–Kier alpha value is -3.36. The second-order valence-electron chi connectivity index (χ2n) is 10.8. The predicted octanol–water partition coefficient (Wildman–Crippen LogP) is 7.39. The van der Waals surface area contributed by atoms with Crippen LogP contribution in [0.25, 0.3) is 0 Å². The van der Waals surface area contributed by atoms with Gasteiger partial charge in [-0.3, -0.25) is 9.59 Å². The minimum Gasteiger partial charge on any atom is -0.444 e.